The normalized spacial score (nSPS) is 11.5. The zero-order valence-electron chi connectivity index (χ0n) is 9.50. The molecule has 0 amide bonds. The zero-order chi connectivity index (χ0) is 11.5. The summed E-state index contributed by atoms with van der Waals surface area (Å²) in [4.78, 5) is 5.80. The number of anilines is 1. The van der Waals surface area contributed by atoms with Crippen molar-refractivity contribution in [3.8, 4) is 0 Å². The number of nitrogens with zero attached hydrogens (tertiary/aromatic N) is 2. The molecule has 0 saturated carbocycles. The van der Waals surface area contributed by atoms with E-state index < -0.39 is 0 Å². The van der Waals surface area contributed by atoms with E-state index in [9.17, 15) is 4.39 Å². The molecule has 2 N–H and O–H groups in total. The third-order valence-corrected chi connectivity index (χ3v) is 2.32. The Morgan fingerprint density at radius 2 is 2.20 bits per heavy atom. The van der Waals surface area contributed by atoms with Gasteiger partial charge in [-0.05, 0) is 24.1 Å². The summed E-state index contributed by atoms with van der Waals surface area (Å²) in [7, 11) is 1.82. The minimum absolute atomic E-state index is 0.0429. The highest BCUT2D eigenvalue weighted by atomic mass is 19.1. The van der Waals surface area contributed by atoms with Crippen LogP contribution in [0.3, 0.4) is 0 Å². The number of nitrogens with two attached hydrogens (primary N) is 1. The molecule has 1 aromatic rings. The summed E-state index contributed by atoms with van der Waals surface area (Å²) in [6, 6.07) is 3.00. The van der Waals surface area contributed by atoms with Crippen LogP contribution in [-0.2, 0) is 0 Å². The molecule has 0 aliphatic heterocycles. The number of hydrogen-bond donors (Lipinski definition) is 1. The highest BCUT2D eigenvalue weighted by molar-refractivity contribution is 5.38. The molecule has 0 spiro atoms. The van der Waals surface area contributed by atoms with Crippen molar-refractivity contribution in [1.82, 2.24) is 4.98 Å². The topological polar surface area (TPSA) is 42.1 Å². The van der Waals surface area contributed by atoms with Crippen molar-refractivity contribution in [2.24, 2.45) is 11.1 Å². The van der Waals surface area contributed by atoms with E-state index in [1.54, 1.807) is 17.2 Å². The van der Waals surface area contributed by atoms with E-state index >= 15 is 0 Å². The van der Waals surface area contributed by atoms with Gasteiger partial charge in [-0.3, -0.25) is 0 Å². The van der Waals surface area contributed by atoms with Crippen LogP contribution in [0.4, 0.5) is 10.2 Å². The van der Waals surface area contributed by atoms with Crippen LogP contribution in [0.15, 0.2) is 18.3 Å². The number of rotatable bonds is 4. The van der Waals surface area contributed by atoms with Gasteiger partial charge in [0.2, 0.25) is 0 Å². The van der Waals surface area contributed by atoms with Crippen molar-refractivity contribution in [3.05, 3.63) is 24.1 Å². The molecule has 0 aromatic carbocycles. The van der Waals surface area contributed by atoms with Gasteiger partial charge in [-0.2, -0.15) is 0 Å². The molecule has 4 heteroatoms. The lowest BCUT2D eigenvalue weighted by atomic mass is 9.93. The molecular formula is C11H18FN3. The van der Waals surface area contributed by atoms with E-state index in [2.05, 4.69) is 4.98 Å². The Balaban J connectivity index is 2.78. The van der Waals surface area contributed by atoms with Gasteiger partial charge >= 0.3 is 0 Å². The van der Waals surface area contributed by atoms with Gasteiger partial charge in [-0.1, -0.05) is 13.8 Å². The van der Waals surface area contributed by atoms with Crippen molar-refractivity contribution < 1.29 is 4.39 Å². The average molecular weight is 211 g/mol. The summed E-state index contributed by atoms with van der Waals surface area (Å²) >= 11 is 0. The van der Waals surface area contributed by atoms with Gasteiger partial charge in [0.05, 0.1) is 0 Å². The molecule has 0 fully saturated rings. The Morgan fingerprint density at radius 3 is 2.73 bits per heavy atom. The number of aromatic nitrogens is 1. The smallest absolute Gasteiger partial charge is 0.165 e. The second kappa shape index (κ2) is 4.57. The Bertz CT molecular complexity index is 325. The minimum atomic E-state index is -0.298. The van der Waals surface area contributed by atoms with Crippen LogP contribution in [0, 0.1) is 11.2 Å². The van der Waals surface area contributed by atoms with Crippen LogP contribution in [0.1, 0.15) is 13.8 Å². The van der Waals surface area contributed by atoms with E-state index in [1.807, 2.05) is 20.9 Å². The number of hydrogen-bond acceptors (Lipinski definition) is 3. The standard InChI is InChI=1S/C11H18FN3/c1-11(2,7-13)8-15(3)10-9(12)5-4-6-14-10/h4-6H,7-8,13H2,1-3H3. The number of pyridine rings is 1. The predicted octanol–water partition coefficient (Wildman–Crippen LogP) is 1.64. The highest BCUT2D eigenvalue weighted by Crippen LogP contribution is 2.20. The maximum atomic E-state index is 13.4. The Kier molecular flexibility index (Phi) is 3.63. The van der Waals surface area contributed by atoms with E-state index in [0.717, 1.165) is 0 Å². The lowest BCUT2D eigenvalue weighted by Gasteiger charge is -2.29. The first-order valence-corrected chi connectivity index (χ1v) is 4.98. The fraction of sp³-hybridized carbons (Fsp3) is 0.545. The van der Waals surface area contributed by atoms with Crippen LogP contribution >= 0.6 is 0 Å². The summed E-state index contributed by atoms with van der Waals surface area (Å²) in [5, 5.41) is 0. The third kappa shape index (κ3) is 3.16. The Hall–Kier alpha value is -1.16. The van der Waals surface area contributed by atoms with Gasteiger partial charge in [0, 0.05) is 19.8 Å². The SMILES string of the molecule is CN(CC(C)(C)CN)c1ncccc1F. The number of halogens is 1. The van der Waals surface area contributed by atoms with E-state index in [1.165, 1.54) is 6.07 Å². The molecule has 0 aliphatic rings. The lowest BCUT2D eigenvalue weighted by molar-refractivity contribution is 0.382. The largest absolute Gasteiger partial charge is 0.357 e. The summed E-state index contributed by atoms with van der Waals surface area (Å²) in [5.41, 5.74) is 5.59. The Morgan fingerprint density at radius 1 is 1.53 bits per heavy atom. The van der Waals surface area contributed by atoms with Gasteiger partial charge < -0.3 is 10.6 Å². The molecule has 0 saturated heterocycles. The molecular weight excluding hydrogens is 193 g/mol. The van der Waals surface area contributed by atoms with Gasteiger partial charge in [0.1, 0.15) is 0 Å². The third-order valence-electron chi connectivity index (χ3n) is 2.32. The molecule has 0 radical (unpaired) electrons. The average Bonchev–Trinajstić information content (AvgIpc) is 2.17. The van der Waals surface area contributed by atoms with Crippen molar-refractivity contribution in [2.75, 3.05) is 25.0 Å². The summed E-state index contributed by atoms with van der Waals surface area (Å²) in [5.74, 6) is 0.0758. The van der Waals surface area contributed by atoms with Gasteiger partial charge in [-0.15, -0.1) is 0 Å². The lowest BCUT2D eigenvalue weighted by Crippen LogP contribution is -2.37. The molecule has 1 heterocycles. The summed E-state index contributed by atoms with van der Waals surface area (Å²) in [6.45, 7) is 5.33. The molecule has 0 bridgehead atoms. The molecule has 1 aromatic heterocycles. The fourth-order valence-electron chi connectivity index (χ4n) is 1.44. The van der Waals surface area contributed by atoms with Crippen LogP contribution in [-0.4, -0.2) is 25.1 Å². The molecule has 3 nitrogen and oxygen atoms in total. The molecule has 1 rings (SSSR count). The Labute approximate surface area is 90.1 Å². The zero-order valence-corrected chi connectivity index (χ0v) is 9.50. The first-order valence-electron chi connectivity index (χ1n) is 4.98. The van der Waals surface area contributed by atoms with Crippen LogP contribution < -0.4 is 10.6 Å². The summed E-state index contributed by atoms with van der Waals surface area (Å²) in [6.07, 6.45) is 1.59. The highest BCUT2D eigenvalue weighted by Gasteiger charge is 2.20. The molecule has 0 unspecified atom stereocenters. The van der Waals surface area contributed by atoms with Crippen LogP contribution in [0.2, 0.25) is 0 Å². The minimum Gasteiger partial charge on any atom is -0.357 e. The van der Waals surface area contributed by atoms with Crippen molar-refractivity contribution in [3.63, 3.8) is 0 Å². The molecule has 84 valence electrons. The predicted molar refractivity (Wildman–Crippen MR) is 60.3 cm³/mol. The monoisotopic (exact) mass is 211 g/mol. The second-order valence-corrected chi connectivity index (χ2v) is 4.53. The van der Waals surface area contributed by atoms with Crippen molar-refractivity contribution in [2.45, 2.75) is 13.8 Å². The van der Waals surface area contributed by atoms with E-state index in [-0.39, 0.29) is 11.2 Å². The first kappa shape index (κ1) is 11.9. The molecule has 0 aliphatic carbocycles. The van der Waals surface area contributed by atoms with Gasteiger partial charge in [0.15, 0.2) is 11.6 Å². The van der Waals surface area contributed by atoms with Crippen LogP contribution in [0.25, 0.3) is 0 Å². The van der Waals surface area contributed by atoms with Crippen LogP contribution in [0.5, 0.6) is 0 Å². The van der Waals surface area contributed by atoms with E-state index in [4.69, 9.17) is 5.73 Å². The van der Waals surface area contributed by atoms with Gasteiger partial charge in [-0.25, -0.2) is 9.37 Å². The van der Waals surface area contributed by atoms with Crippen molar-refractivity contribution >= 4 is 5.82 Å². The maximum absolute atomic E-state index is 13.4. The first-order chi connectivity index (χ1) is 6.96. The summed E-state index contributed by atoms with van der Waals surface area (Å²) < 4.78 is 13.4. The maximum Gasteiger partial charge on any atom is 0.165 e. The molecule has 15 heavy (non-hydrogen) atoms. The second-order valence-electron chi connectivity index (χ2n) is 4.53. The fourth-order valence-corrected chi connectivity index (χ4v) is 1.44. The quantitative estimate of drug-likeness (QED) is 0.823. The van der Waals surface area contributed by atoms with Crippen molar-refractivity contribution in [1.29, 1.82) is 0 Å². The molecule has 0 atom stereocenters. The van der Waals surface area contributed by atoms with Gasteiger partial charge in [0.25, 0.3) is 0 Å². The van der Waals surface area contributed by atoms with E-state index in [0.29, 0.717) is 18.9 Å².